The smallest absolute Gasteiger partial charge is 0.318 e. The molecule has 6 nitrogen and oxygen atoms in total. The second-order valence-electron chi connectivity index (χ2n) is 4.40. The van der Waals surface area contributed by atoms with Gasteiger partial charge in [0.2, 0.25) is 5.91 Å². The summed E-state index contributed by atoms with van der Waals surface area (Å²) in [5, 5.41) is 2.10. The van der Waals surface area contributed by atoms with Crippen LogP contribution in [0.25, 0.3) is 0 Å². The minimum absolute atomic E-state index is 0.206. The van der Waals surface area contributed by atoms with E-state index in [1.54, 1.807) is 6.92 Å². The van der Waals surface area contributed by atoms with Crippen molar-refractivity contribution in [3.63, 3.8) is 0 Å². The topological polar surface area (TPSA) is 101 Å². The molecule has 3 atom stereocenters. The molecule has 1 rings (SSSR count). The number of piperidine rings is 1. The Kier molecular flexibility index (Phi) is 4.26. The van der Waals surface area contributed by atoms with Crippen LogP contribution in [0.1, 0.15) is 26.7 Å². The first kappa shape index (κ1) is 12.9. The number of hydrogen-bond acceptors (Lipinski definition) is 4. The summed E-state index contributed by atoms with van der Waals surface area (Å²) in [5.74, 6) is -0.352. The standard InChI is InChI=1S/C10H20N4O2/c1-6-5-8(11)3-4-14(6)7(2)9(15)13-10(12)16/h6-8H,3-5,11H2,1-2H3,(H3,12,13,15,16). The van der Waals surface area contributed by atoms with Crippen LogP contribution in [0.15, 0.2) is 0 Å². The average Bonchev–Trinajstić information content (AvgIpc) is 2.15. The summed E-state index contributed by atoms with van der Waals surface area (Å²) in [5.41, 5.74) is 10.8. The number of imide groups is 1. The van der Waals surface area contributed by atoms with Crippen LogP contribution >= 0.6 is 0 Å². The molecule has 1 aliphatic rings. The Balaban J connectivity index is 2.56. The number of nitrogens with zero attached hydrogens (tertiary/aromatic N) is 1. The predicted molar refractivity (Wildman–Crippen MR) is 60.6 cm³/mol. The number of rotatable bonds is 2. The van der Waals surface area contributed by atoms with Gasteiger partial charge in [-0.25, -0.2) is 4.79 Å². The molecule has 5 N–H and O–H groups in total. The van der Waals surface area contributed by atoms with Crippen molar-refractivity contribution in [3.05, 3.63) is 0 Å². The van der Waals surface area contributed by atoms with Crippen LogP contribution in [-0.4, -0.2) is 41.5 Å². The molecule has 0 aromatic heterocycles. The van der Waals surface area contributed by atoms with Crippen molar-refractivity contribution in [2.75, 3.05) is 6.54 Å². The number of carbonyl (C=O) groups is 2. The summed E-state index contributed by atoms with van der Waals surface area (Å²) in [4.78, 5) is 24.2. The van der Waals surface area contributed by atoms with E-state index in [9.17, 15) is 9.59 Å². The van der Waals surface area contributed by atoms with Gasteiger partial charge < -0.3 is 11.5 Å². The van der Waals surface area contributed by atoms with Crippen LogP contribution in [0, 0.1) is 0 Å². The van der Waals surface area contributed by atoms with Gasteiger partial charge in [-0.1, -0.05) is 0 Å². The number of urea groups is 1. The van der Waals surface area contributed by atoms with Crippen molar-refractivity contribution in [1.29, 1.82) is 0 Å². The summed E-state index contributed by atoms with van der Waals surface area (Å²) in [6, 6.07) is -0.705. The van der Waals surface area contributed by atoms with Gasteiger partial charge in [0.15, 0.2) is 0 Å². The van der Waals surface area contributed by atoms with E-state index in [1.165, 1.54) is 0 Å². The number of nitrogens with two attached hydrogens (primary N) is 2. The van der Waals surface area contributed by atoms with E-state index < -0.39 is 6.03 Å². The number of carbonyl (C=O) groups excluding carboxylic acids is 2. The average molecular weight is 228 g/mol. The van der Waals surface area contributed by atoms with Crippen LogP contribution in [0.2, 0.25) is 0 Å². The second kappa shape index (κ2) is 5.27. The number of likely N-dealkylation sites (tertiary alicyclic amines) is 1. The van der Waals surface area contributed by atoms with Crippen molar-refractivity contribution >= 4 is 11.9 Å². The highest BCUT2D eigenvalue weighted by atomic mass is 16.2. The van der Waals surface area contributed by atoms with Crippen molar-refractivity contribution in [2.45, 2.75) is 44.8 Å². The maximum Gasteiger partial charge on any atom is 0.318 e. The molecule has 1 fully saturated rings. The van der Waals surface area contributed by atoms with E-state index in [-0.39, 0.29) is 24.0 Å². The number of hydrogen-bond donors (Lipinski definition) is 3. The fourth-order valence-corrected chi connectivity index (χ4v) is 2.18. The molecule has 0 spiro atoms. The minimum Gasteiger partial charge on any atom is -0.351 e. The Morgan fingerprint density at radius 2 is 2.12 bits per heavy atom. The van der Waals surface area contributed by atoms with Gasteiger partial charge in [-0.3, -0.25) is 15.0 Å². The lowest BCUT2D eigenvalue weighted by Crippen LogP contribution is -2.55. The first-order valence-electron chi connectivity index (χ1n) is 5.53. The molecule has 0 aliphatic carbocycles. The van der Waals surface area contributed by atoms with Crippen molar-refractivity contribution in [1.82, 2.24) is 10.2 Å². The lowest BCUT2D eigenvalue weighted by Gasteiger charge is -2.39. The van der Waals surface area contributed by atoms with Gasteiger partial charge in [0.05, 0.1) is 6.04 Å². The van der Waals surface area contributed by atoms with Gasteiger partial charge in [0.1, 0.15) is 0 Å². The van der Waals surface area contributed by atoms with Crippen LogP contribution < -0.4 is 16.8 Å². The first-order valence-corrected chi connectivity index (χ1v) is 5.53. The van der Waals surface area contributed by atoms with Crippen molar-refractivity contribution in [2.24, 2.45) is 11.5 Å². The molecule has 6 heteroatoms. The molecular weight excluding hydrogens is 208 g/mol. The summed E-state index contributed by atoms with van der Waals surface area (Å²) in [6.45, 7) is 4.58. The molecule has 1 heterocycles. The largest absolute Gasteiger partial charge is 0.351 e. The SMILES string of the molecule is CC1CC(N)CCN1C(C)C(=O)NC(N)=O. The summed E-state index contributed by atoms with van der Waals surface area (Å²) in [7, 11) is 0. The van der Waals surface area contributed by atoms with E-state index in [1.807, 2.05) is 11.8 Å². The quantitative estimate of drug-likeness (QED) is 0.586. The molecule has 0 saturated carbocycles. The molecule has 0 bridgehead atoms. The predicted octanol–water partition coefficient (Wildman–Crippen LogP) is -0.619. The Morgan fingerprint density at radius 3 is 2.62 bits per heavy atom. The van der Waals surface area contributed by atoms with Gasteiger partial charge in [-0.15, -0.1) is 0 Å². The number of nitrogens with one attached hydrogen (secondary N) is 1. The lowest BCUT2D eigenvalue weighted by molar-refractivity contribution is -0.126. The molecule has 0 aromatic carbocycles. The highest BCUT2D eigenvalue weighted by molar-refractivity contribution is 5.96. The van der Waals surface area contributed by atoms with Crippen LogP contribution in [0.5, 0.6) is 0 Å². The van der Waals surface area contributed by atoms with Crippen LogP contribution in [0.3, 0.4) is 0 Å². The molecule has 92 valence electrons. The fraction of sp³-hybridized carbons (Fsp3) is 0.800. The fourth-order valence-electron chi connectivity index (χ4n) is 2.18. The molecule has 1 saturated heterocycles. The van der Waals surface area contributed by atoms with Gasteiger partial charge in [-0.05, 0) is 26.7 Å². The number of amides is 3. The van der Waals surface area contributed by atoms with Crippen LogP contribution in [-0.2, 0) is 4.79 Å². The molecule has 0 aromatic rings. The normalized spacial score (nSPS) is 28.4. The third kappa shape index (κ3) is 3.18. The van der Waals surface area contributed by atoms with Crippen molar-refractivity contribution < 1.29 is 9.59 Å². The Labute approximate surface area is 95.3 Å². The Hall–Kier alpha value is -1.14. The third-order valence-electron chi connectivity index (χ3n) is 3.09. The van der Waals surface area contributed by atoms with Gasteiger partial charge in [0, 0.05) is 18.6 Å². The van der Waals surface area contributed by atoms with E-state index in [4.69, 9.17) is 11.5 Å². The maximum atomic E-state index is 11.6. The zero-order valence-corrected chi connectivity index (χ0v) is 9.77. The molecule has 1 aliphatic heterocycles. The second-order valence-corrected chi connectivity index (χ2v) is 4.40. The third-order valence-corrected chi connectivity index (χ3v) is 3.09. The zero-order chi connectivity index (χ0) is 12.3. The highest BCUT2D eigenvalue weighted by Crippen LogP contribution is 2.18. The monoisotopic (exact) mass is 228 g/mol. The van der Waals surface area contributed by atoms with Gasteiger partial charge >= 0.3 is 6.03 Å². The number of primary amides is 1. The van der Waals surface area contributed by atoms with E-state index >= 15 is 0 Å². The maximum absolute atomic E-state index is 11.6. The van der Waals surface area contributed by atoms with E-state index in [0.717, 1.165) is 19.4 Å². The summed E-state index contributed by atoms with van der Waals surface area (Å²) >= 11 is 0. The molecular formula is C10H20N4O2. The Bertz CT molecular complexity index is 282. The minimum atomic E-state index is -0.807. The van der Waals surface area contributed by atoms with Gasteiger partial charge in [0.25, 0.3) is 0 Å². The van der Waals surface area contributed by atoms with Gasteiger partial charge in [-0.2, -0.15) is 0 Å². The molecule has 0 radical (unpaired) electrons. The molecule has 16 heavy (non-hydrogen) atoms. The summed E-state index contributed by atoms with van der Waals surface area (Å²) in [6.07, 6.45) is 1.74. The summed E-state index contributed by atoms with van der Waals surface area (Å²) < 4.78 is 0. The molecule has 3 unspecified atom stereocenters. The zero-order valence-electron chi connectivity index (χ0n) is 9.77. The van der Waals surface area contributed by atoms with E-state index in [0.29, 0.717) is 0 Å². The van der Waals surface area contributed by atoms with Crippen molar-refractivity contribution in [3.8, 4) is 0 Å². The highest BCUT2D eigenvalue weighted by Gasteiger charge is 2.30. The van der Waals surface area contributed by atoms with Crippen LogP contribution in [0.4, 0.5) is 4.79 Å². The lowest BCUT2D eigenvalue weighted by atomic mass is 9.97. The first-order chi connectivity index (χ1) is 7.41. The molecule has 3 amide bonds. The van der Waals surface area contributed by atoms with E-state index in [2.05, 4.69) is 5.32 Å². The Morgan fingerprint density at radius 1 is 1.50 bits per heavy atom.